The maximum absolute atomic E-state index is 13.8. The van der Waals surface area contributed by atoms with Crippen LogP contribution < -0.4 is 10.6 Å². The fourth-order valence-corrected chi connectivity index (χ4v) is 2.66. The van der Waals surface area contributed by atoms with E-state index in [1.54, 1.807) is 58.3 Å². The van der Waals surface area contributed by atoms with Crippen LogP contribution in [0, 0.1) is 11.7 Å². The van der Waals surface area contributed by atoms with Crippen LogP contribution in [0.25, 0.3) is 0 Å². The normalized spacial score (nSPS) is 11.7. The van der Waals surface area contributed by atoms with Gasteiger partial charge in [0, 0.05) is 19.8 Å². The molecule has 2 aromatic carbocycles. The summed E-state index contributed by atoms with van der Waals surface area (Å²) in [6, 6.07) is 11.7. The number of amides is 3. The zero-order valence-corrected chi connectivity index (χ0v) is 17.0. The third-order valence-corrected chi connectivity index (χ3v) is 4.43. The average Bonchev–Trinajstić information content (AvgIpc) is 2.67. The molecule has 6 nitrogen and oxygen atoms in total. The number of nitrogens with one attached hydrogen (secondary N) is 2. The van der Waals surface area contributed by atoms with E-state index >= 15 is 0 Å². The summed E-state index contributed by atoms with van der Waals surface area (Å²) < 4.78 is 13.8. The molecule has 29 heavy (non-hydrogen) atoms. The lowest BCUT2D eigenvalue weighted by molar-refractivity contribution is -0.128. The Balaban J connectivity index is 2.05. The third kappa shape index (κ3) is 6.14. The fraction of sp³-hybridized carbons (Fsp3) is 0.318. The first-order chi connectivity index (χ1) is 13.7. The van der Waals surface area contributed by atoms with Gasteiger partial charge in [-0.2, -0.15) is 0 Å². The van der Waals surface area contributed by atoms with Gasteiger partial charge in [0.05, 0.1) is 12.0 Å². The second kappa shape index (κ2) is 9.82. The number of halogens is 1. The Morgan fingerprint density at radius 2 is 1.62 bits per heavy atom. The summed E-state index contributed by atoms with van der Waals surface area (Å²) in [5.41, 5.74) is 1.26. The fourth-order valence-electron chi connectivity index (χ4n) is 2.66. The Kier molecular flexibility index (Phi) is 7.47. The highest BCUT2D eigenvalue weighted by atomic mass is 19.1. The molecule has 0 saturated carbocycles. The molecule has 0 spiro atoms. The van der Waals surface area contributed by atoms with E-state index in [1.165, 1.54) is 23.1 Å². The van der Waals surface area contributed by atoms with Crippen LogP contribution in [-0.2, 0) is 16.0 Å². The van der Waals surface area contributed by atoms with Gasteiger partial charge < -0.3 is 15.5 Å². The number of carbonyl (C=O) groups is 3. The molecule has 0 bridgehead atoms. The van der Waals surface area contributed by atoms with Crippen molar-refractivity contribution in [2.24, 2.45) is 5.92 Å². The summed E-state index contributed by atoms with van der Waals surface area (Å²) in [4.78, 5) is 38.3. The highest BCUT2D eigenvalue weighted by molar-refractivity contribution is 6.01. The van der Waals surface area contributed by atoms with E-state index in [0.29, 0.717) is 5.69 Å². The third-order valence-electron chi connectivity index (χ3n) is 4.43. The number of likely N-dealkylation sites (N-methyl/N-ethyl adjacent to an activating group) is 1. The van der Waals surface area contributed by atoms with Gasteiger partial charge in [0.15, 0.2) is 0 Å². The molecular weight excluding hydrogens is 373 g/mol. The summed E-state index contributed by atoms with van der Waals surface area (Å²) in [6.45, 7) is 3.59. The van der Waals surface area contributed by atoms with Crippen LogP contribution >= 0.6 is 0 Å². The van der Waals surface area contributed by atoms with Crippen LogP contribution in [0.15, 0.2) is 48.5 Å². The molecule has 0 heterocycles. The van der Waals surface area contributed by atoms with E-state index in [4.69, 9.17) is 0 Å². The minimum Gasteiger partial charge on any atom is -0.349 e. The number of nitrogens with zero attached hydrogens (tertiary/aromatic N) is 1. The van der Waals surface area contributed by atoms with Gasteiger partial charge in [-0.15, -0.1) is 0 Å². The highest BCUT2D eigenvalue weighted by Gasteiger charge is 2.25. The lowest BCUT2D eigenvalue weighted by atomic mass is 10.0. The Labute approximate surface area is 170 Å². The lowest BCUT2D eigenvalue weighted by Crippen LogP contribution is -2.47. The molecule has 2 aromatic rings. The predicted molar refractivity (Wildman–Crippen MR) is 110 cm³/mol. The second-order valence-electron chi connectivity index (χ2n) is 7.33. The first kappa shape index (κ1) is 22.1. The minimum atomic E-state index is -0.836. The molecule has 2 N–H and O–H groups in total. The molecule has 154 valence electrons. The molecule has 0 aliphatic rings. The van der Waals surface area contributed by atoms with E-state index in [1.807, 2.05) is 0 Å². The number of carbonyl (C=O) groups excluding carboxylic acids is 3. The van der Waals surface area contributed by atoms with Crippen molar-refractivity contribution in [2.75, 3.05) is 19.4 Å². The Hall–Kier alpha value is -3.22. The van der Waals surface area contributed by atoms with Crippen molar-refractivity contribution in [3.63, 3.8) is 0 Å². The smallest absolute Gasteiger partial charge is 0.254 e. The molecule has 0 aliphatic heterocycles. The molecule has 3 amide bonds. The van der Waals surface area contributed by atoms with Crippen molar-refractivity contribution in [3.05, 3.63) is 65.5 Å². The van der Waals surface area contributed by atoms with Crippen molar-refractivity contribution in [1.29, 1.82) is 0 Å². The average molecular weight is 399 g/mol. The molecule has 0 radical (unpaired) electrons. The summed E-state index contributed by atoms with van der Waals surface area (Å²) in [7, 11) is 3.39. The predicted octanol–water partition coefficient (Wildman–Crippen LogP) is 2.85. The lowest BCUT2D eigenvalue weighted by Gasteiger charge is -2.22. The number of rotatable bonds is 7. The van der Waals surface area contributed by atoms with E-state index < -0.39 is 23.7 Å². The zero-order valence-electron chi connectivity index (χ0n) is 17.0. The van der Waals surface area contributed by atoms with Gasteiger partial charge in [-0.3, -0.25) is 14.4 Å². The van der Waals surface area contributed by atoms with Crippen LogP contribution in [0.4, 0.5) is 10.1 Å². The molecule has 0 aromatic heterocycles. The molecule has 2 rings (SSSR count). The number of hydrogen-bond acceptors (Lipinski definition) is 3. The van der Waals surface area contributed by atoms with Crippen LogP contribution in [0.3, 0.4) is 0 Å². The van der Waals surface area contributed by atoms with Crippen LogP contribution in [0.1, 0.15) is 29.8 Å². The van der Waals surface area contributed by atoms with E-state index in [2.05, 4.69) is 10.6 Å². The SMILES string of the molecule is CC(C)C(NC(=O)c1ccccc1F)C(=O)Nc1ccc(CC(=O)N(C)C)cc1. The van der Waals surface area contributed by atoms with E-state index in [-0.39, 0.29) is 23.8 Å². The van der Waals surface area contributed by atoms with Gasteiger partial charge in [0.25, 0.3) is 5.91 Å². The minimum absolute atomic E-state index is 0.0162. The molecular formula is C22H26FN3O3. The van der Waals surface area contributed by atoms with Gasteiger partial charge in [0.2, 0.25) is 11.8 Å². The first-order valence-electron chi connectivity index (χ1n) is 9.34. The Morgan fingerprint density at radius 3 is 2.17 bits per heavy atom. The maximum Gasteiger partial charge on any atom is 0.254 e. The van der Waals surface area contributed by atoms with Crippen molar-refractivity contribution in [2.45, 2.75) is 26.3 Å². The summed E-state index contributed by atoms with van der Waals surface area (Å²) >= 11 is 0. The molecule has 7 heteroatoms. The molecule has 0 aliphatic carbocycles. The monoisotopic (exact) mass is 399 g/mol. The largest absolute Gasteiger partial charge is 0.349 e. The first-order valence-corrected chi connectivity index (χ1v) is 9.34. The number of hydrogen-bond donors (Lipinski definition) is 2. The maximum atomic E-state index is 13.8. The molecule has 1 unspecified atom stereocenters. The topological polar surface area (TPSA) is 78.5 Å². The summed E-state index contributed by atoms with van der Waals surface area (Å²) in [5, 5.41) is 5.36. The van der Waals surface area contributed by atoms with Crippen molar-refractivity contribution in [1.82, 2.24) is 10.2 Å². The Morgan fingerprint density at radius 1 is 1.00 bits per heavy atom. The van der Waals surface area contributed by atoms with Gasteiger partial charge >= 0.3 is 0 Å². The quantitative estimate of drug-likeness (QED) is 0.752. The van der Waals surface area contributed by atoms with E-state index in [9.17, 15) is 18.8 Å². The van der Waals surface area contributed by atoms with Crippen molar-refractivity contribution >= 4 is 23.4 Å². The van der Waals surface area contributed by atoms with Crippen LogP contribution in [-0.4, -0.2) is 42.8 Å². The number of benzene rings is 2. The van der Waals surface area contributed by atoms with E-state index in [0.717, 1.165) is 5.56 Å². The number of anilines is 1. The zero-order chi connectivity index (χ0) is 21.6. The summed E-state index contributed by atoms with van der Waals surface area (Å²) in [5.74, 6) is -1.91. The van der Waals surface area contributed by atoms with Gasteiger partial charge in [-0.05, 0) is 35.7 Å². The van der Waals surface area contributed by atoms with Gasteiger partial charge in [0.1, 0.15) is 11.9 Å². The Bertz CT molecular complexity index is 879. The molecule has 1 atom stereocenters. The molecule has 0 saturated heterocycles. The van der Waals surface area contributed by atoms with Gasteiger partial charge in [-0.1, -0.05) is 38.1 Å². The van der Waals surface area contributed by atoms with Crippen LogP contribution in [0.5, 0.6) is 0 Å². The van der Waals surface area contributed by atoms with Crippen molar-refractivity contribution < 1.29 is 18.8 Å². The van der Waals surface area contributed by atoms with Crippen molar-refractivity contribution in [3.8, 4) is 0 Å². The second-order valence-corrected chi connectivity index (χ2v) is 7.33. The standard InChI is InChI=1S/C22H26FN3O3/c1-14(2)20(25-21(28)17-7-5-6-8-18(17)23)22(29)24-16-11-9-15(10-12-16)13-19(27)26(3)4/h5-12,14,20H,13H2,1-4H3,(H,24,29)(H,25,28). The highest BCUT2D eigenvalue weighted by Crippen LogP contribution is 2.14. The van der Waals surface area contributed by atoms with Gasteiger partial charge in [-0.25, -0.2) is 4.39 Å². The van der Waals surface area contributed by atoms with Crippen LogP contribution in [0.2, 0.25) is 0 Å². The molecule has 0 fully saturated rings. The summed E-state index contributed by atoms with van der Waals surface area (Å²) in [6.07, 6.45) is 0.272.